The molecule has 16 heavy (non-hydrogen) atoms. The molecule has 1 rings (SSSR count). The third-order valence-electron chi connectivity index (χ3n) is 3.78. The molecule has 0 radical (unpaired) electrons. The van der Waals surface area contributed by atoms with Crippen molar-refractivity contribution in [2.24, 2.45) is 11.1 Å². The molecule has 2 atom stereocenters. The van der Waals surface area contributed by atoms with Gasteiger partial charge in [-0.1, -0.05) is 6.42 Å². The highest BCUT2D eigenvalue weighted by Crippen LogP contribution is 2.37. The Morgan fingerprint density at radius 2 is 2.25 bits per heavy atom. The molecule has 1 amide bonds. The van der Waals surface area contributed by atoms with E-state index in [-0.39, 0.29) is 22.1 Å². The molecule has 3 N–H and O–H groups in total. The molecule has 0 aromatic carbocycles. The molecule has 0 aromatic heterocycles. The molecule has 3 nitrogen and oxygen atoms in total. The Bertz CT molecular complexity index is 268. The van der Waals surface area contributed by atoms with E-state index >= 15 is 0 Å². The summed E-state index contributed by atoms with van der Waals surface area (Å²) in [6.07, 6.45) is 5.02. The molecule has 2 unspecified atom stereocenters. The summed E-state index contributed by atoms with van der Waals surface area (Å²) >= 11 is 1.77. The number of carbonyl (C=O) groups excluding carboxylic acids is 1. The van der Waals surface area contributed by atoms with Crippen molar-refractivity contribution < 1.29 is 4.79 Å². The van der Waals surface area contributed by atoms with Crippen LogP contribution in [-0.4, -0.2) is 29.5 Å². The molecular weight excluding hydrogens is 220 g/mol. The molecule has 1 fully saturated rings. The molecule has 94 valence electrons. The van der Waals surface area contributed by atoms with Crippen molar-refractivity contribution in [2.75, 3.05) is 12.8 Å². The van der Waals surface area contributed by atoms with E-state index in [0.717, 1.165) is 19.3 Å². The Balaban J connectivity index is 2.53. The molecule has 0 aromatic rings. The van der Waals surface area contributed by atoms with Crippen LogP contribution in [0.4, 0.5) is 0 Å². The number of amides is 1. The first kappa shape index (κ1) is 13.8. The summed E-state index contributed by atoms with van der Waals surface area (Å²) in [5, 5.41) is 3.05. The maximum atomic E-state index is 12.1. The fourth-order valence-corrected chi connectivity index (χ4v) is 2.26. The summed E-state index contributed by atoms with van der Waals surface area (Å²) in [5.74, 6) is 0.125. The third-order valence-corrected chi connectivity index (χ3v) is 5.03. The van der Waals surface area contributed by atoms with Gasteiger partial charge in [-0.3, -0.25) is 4.79 Å². The van der Waals surface area contributed by atoms with Gasteiger partial charge in [0.05, 0.1) is 5.41 Å². The quantitative estimate of drug-likeness (QED) is 0.792. The first-order valence-electron chi connectivity index (χ1n) is 5.91. The van der Waals surface area contributed by atoms with Gasteiger partial charge in [-0.25, -0.2) is 0 Å². The summed E-state index contributed by atoms with van der Waals surface area (Å²) in [6, 6.07) is 0.0184. The van der Waals surface area contributed by atoms with Gasteiger partial charge in [-0.15, -0.1) is 0 Å². The Kier molecular flexibility index (Phi) is 4.29. The van der Waals surface area contributed by atoms with E-state index in [4.69, 9.17) is 5.73 Å². The van der Waals surface area contributed by atoms with Gasteiger partial charge in [0.2, 0.25) is 5.91 Å². The van der Waals surface area contributed by atoms with Crippen LogP contribution < -0.4 is 11.1 Å². The maximum absolute atomic E-state index is 12.1. The second-order valence-electron chi connectivity index (χ2n) is 5.56. The van der Waals surface area contributed by atoms with Crippen LogP contribution in [0.1, 0.15) is 40.0 Å². The Morgan fingerprint density at radius 1 is 1.62 bits per heavy atom. The molecule has 1 saturated carbocycles. The molecule has 1 aliphatic carbocycles. The number of rotatable bonds is 4. The minimum atomic E-state index is -0.353. The van der Waals surface area contributed by atoms with Crippen LogP contribution in [0.2, 0.25) is 0 Å². The monoisotopic (exact) mass is 244 g/mol. The van der Waals surface area contributed by atoms with Gasteiger partial charge in [0.1, 0.15) is 0 Å². The van der Waals surface area contributed by atoms with Crippen molar-refractivity contribution in [3.8, 4) is 0 Å². The van der Waals surface area contributed by atoms with Crippen LogP contribution in [0.25, 0.3) is 0 Å². The van der Waals surface area contributed by atoms with E-state index in [1.54, 1.807) is 11.8 Å². The largest absolute Gasteiger partial charge is 0.354 e. The Labute approximate surface area is 103 Å². The van der Waals surface area contributed by atoms with Crippen molar-refractivity contribution in [3.63, 3.8) is 0 Å². The highest BCUT2D eigenvalue weighted by molar-refractivity contribution is 7.99. The first-order valence-corrected chi connectivity index (χ1v) is 7.13. The minimum absolute atomic E-state index is 0.0184. The van der Waals surface area contributed by atoms with Gasteiger partial charge >= 0.3 is 0 Å². The van der Waals surface area contributed by atoms with E-state index in [1.165, 1.54) is 0 Å². The van der Waals surface area contributed by atoms with Crippen molar-refractivity contribution in [1.82, 2.24) is 5.32 Å². The molecule has 0 aliphatic heterocycles. The summed E-state index contributed by atoms with van der Waals surface area (Å²) in [4.78, 5) is 12.1. The zero-order valence-corrected chi connectivity index (χ0v) is 11.6. The molecule has 0 spiro atoms. The highest BCUT2D eigenvalue weighted by Gasteiger charge is 2.43. The molecule has 0 bridgehead atoms. The fourth-order valence-electron chi connectivity index (χ4n) is 2.04. The van der Waals surface area contributed by atoms with E-state index in [1.807, 2.05) is 6.92 Å². The average molecular weight is 244 g/mol. The average Bonchev–Trinajstić information content (AvgIpc) is 2.57. The zero-order chi connectivity index (χ0) is 12.4. The maximum Gasteiger partial charge on any atom is 0.227 e. The number of hydrogen-bond acceptors (Lipinski definition) is 3. The SMILES string of the molecule is CSC(C)(C)CNC(=O)C1(C)CCCC1N. The van der Waals surface area contributed by atoms with Gasteiger partial charge in [-0.2, -0.15) is 11.8 Å². The number of nitrogens with one attached hydrogen (secondary N) is 1. The van der Waals surface area contributed by atoms with Gasteiger partial charge in [0, 0.05) is 17.3 Å². The topological polar surface area (TPSA) is 55.1 Å². The van der Waals surface area contributed by atoms with Crippen molar-refractivity contribution >= 4 is 17.7 Å². The number of thioether (sulfide) groups is 1. The van der Waals surface area contributed by atoms with Crippen LogP contribution in [0.5, 0.6) is 0 Å². The zero-order valence-electron chi connectivity index (χ0n) is 10.8. The van der Waals surface area contributed by atoms with Crippen molar-refractivity contribution in [3.05, 3.63) is 0 Å². The molecule has 1 aliphatic rings. The number of hydrogen-bond donors (Lipinski definition) is 2. The van der Waals surface area contributed by atoms with Crippen LogP contribution >= 0.6 is 11.8 Å². The van der Waals surface area contributed by atoms with Gasteiger partial charge in [0.25, 0.3) is 0 Å². The highest BCUT2D eigenvalue weighted by atomic mass is 32.2. The number of nitrogens with two attached hydrogens (primary N) is 1. The van der Waals surface area contributed by atoms with E-state index in [9.17, 15) is 4.79 Å². The Morgan fingerprint density at radius 3 is 2.69 bits per heavy atom. The Hall–Kier alpha value is -0.220. The lowest BCUT2D eigenvalue weighted by Crippen LogP contribution is -2.49. The van der Waals surface area contributed by atoms with Crippen LogP contribution in [0.3, 0.4) is 0 Å². The predicted octanol–water partition coefficient (Wildman–Crippen LogP) is 1.76. The molecule has 0 saturated heterocycles. The first-order chi connectivity index (χ1) is 7.32. The third kappa shape index (κ3) is 2.92. The standard InChI is InChI=1S/C12H24N2OS/c1-11(2,16-4)8-14-10(15)12(3)7-5-6-9(12)13/h9H,5-8,13H2,1-4H3,(H,14,15). The van der Waals surface area contributed by atoms with Crippen LogP contribution in [-0.2, 0) is 4.79 Å². The molecule has 0 heterocycles. The summed E-state index contributed by atoms with van der Waals surface area (Å²) in [7, 11) is 0. The normalized spacial score (nSPS) is 30.4. The van der Waals surface area contributed by atoms with Crippen LogP contribution in [0, 0.1) is 5.41 Å². The molecule has 4 heteroatoms. The van der Waals surface area contributed by atoms with Crippen molar-refractivity contribution in [1.29, 1.82) is 0 Å². The van der Waals surface area contributed by atoms with Gasteiger partial charge < -0.3 is 11.1 Å². The number of carbonyl (C=O) groups is 1. The lowest BCUT2D eigenvalue weighted by atomic mass is 9.84. The predicted molar refractivity (Wildman–Crippen MR) is 70.5 cm³/mol. The smallest absolute Gasteiger partial charge is 0.227 e. The second kappa shape index (κ2) is 4.96. The lowest BCUT2D eigenvalue weighted by Gasteiger charge is -2.30. The van der Waals surface area contributed by atoms with Gasteiger partial charge in [-0.05, 0) is 39.9 Å². The van der Waals surface area contributed by atoms with E-state index in [0.29, 0.717) is 6.54 Å². The van der Waals surface area contributed by atoms with E-state index < -0.39 is 0 Å². The summed E-state index contributed by atoms with van der Waals surface area (Å²) < 4.78 is 0.0920. The van der Waals surface area contributed by atoms with Gasteiger partial charge in [0.15, 0.2) is 0 Å². The summed E-state index contributed by atoms with van der Waals surface area (Å²) in [5.41, 5.74) is 5.67. The summed E-state index contributed by atoms with van der Waals surface area (Å²) in [6.45, 7) is 6.96. The fraction of sp³-hybridized carbons (Fsp3) is 0.917. The van der Waals surface area contributed by atoms with E-state index in [2.05, 4.69) is 25.4 Å². The second-order valence-corrected chi connectivity index (χ2v) is 7.08. The minimum Gasteiger partial charge on any atom is -0.354 e. The molecular formula is C12H24N2OS. The van der Waals surface area contributed by atoms with Crippen LogP contribution in [0.15, 0.2) is 0 Å². The lowest BCUT2D eigenvalue weighted by molar-refractivity contribution is -0.130. The van der Waals surface area contributed by atoms with Crippen molar-refractivity contribution in [2.45, 2.75) is 50.8 Å².